The molecule has 3 aromatic rings. The summed E-state index contributed by atoms with van der Waals surface area (Å²) in [4.78, 5) is 52.0. The van der Waals surface area contributed by atoms with Crippen molar-refractivity contribution in [1.82, 2.24) is 9.80 Å². The van der Waals surface area contributed by atoms with E-state index in [0.29, 0.717) is 75.5 Å². The third kappa shape index (κ3) is 7.26. The number of carbonyl (C=O) groups is 3. The van der Waals surface area contributed by atoms with E-state index < -0.39 is 5.97 Å². The van der Waals surface area contributed by atoms with Crippen molar-refractivity contribution in [2.75, 3.05) is 41.0 Å². The second kappa shape index (κ2) is 15.5. The van der Waals surface area contributed by atoms with Gasteiger partial charge in [0, 0.05) is 37.7 Å². The van der Waals surface area contributed by atoms with Crippen LogP contribution in [0.3, 0.4) is 0 Å². The van der Waals surface area contributed by atoms with Gasteiger partial charge in [0.15, 0.2) is 29.6 Å². The van der Waals surface area contributed by atoms with E-state index in [1.807, 2.05) is 54.3 Å². The largest absolute Gasteiger partial charge is 0.493 e. The number of rotatable bonds is 11. The molecule has 4 aliphatic rings. The van der Waals surface area contributed by atoms with Gasteiger partial charge in [0.1, 0.15) is 19.0 Å². The number of fused-ring (bicyclic) bond motifs is 4. The predicted octanol–water partition coefficient (Wildman–Crippen LogP) is 6.17. The van der Waals surface area contributed by atoms with E-state index in [1.165, 1.54) is 32.5 Å². The van der Waals surface area contributed by atoms with Crippen molar-refractivity contribution in [3.05, 3.63) is 88.0 Å². The lowest BCUT2D eigenvalue weighted by atomic mass is 10.1. The first-order valence-electron chi connectivity index (χ1n) is 17.7. The topological polar surface area (TPSA) is 138 Å². The summed E-state index contributed by atoms with van der Waals surface area (Å²) in [5.41, 5.74) is 5.70. The highest BCUT2D eigenvalue weighted by Crippen LogP contribution is 2.41. The molecule has 4 aliphatic heterocycles. The van der Waals surface area contributed by atoms with E-state index in [-0.39, 0.29) is 43.7 Å². The van der Waals surface area contributed by atoms with Crippen molar-refractivity contribution < 1.29 is 42.8 Å². The van der Waals surface area contributed by atoms with E-state index in [1.54, 1.807) is 36.4 Å². The number of amides is 2. The van der Waals surface area contributed by atoms with E-state index in [0.717, 1.165) is 12.8 Å². The Labute approximate surface area is 313 Å². The predicted molar refractivity (Wildman–Crippen MR) is 201 cm³/mol. The van der Waals surface area contributed by atoms with Gasteiger partial charge in [-0.1, -0.05) is 23.3 Å². The normalized spacial score (nSPS) is 19.9. The Bertz CT molecular complexity index is 1990. The number of hydrogen-bond donors (Lipinski definition) is 0. The smallest absolute Gasteiger partial charge is 0.343 e. The molecule has 4 heterocycles. The number of ether oxygens (including phenoxy) is 6. The van der Waals surface area contributed by atoms with Crippen LogP contribution in [-0.4, -0.2) is 93.1 Å². The van der Waals surface area contributed by atoms with Crippen LogP contribution in [0.5, 0.6) is 28.7 Å². The van der Waals surface area contributed by atoms with Gasteiger partial charge in [-0.25, -0.2) is 4.79 Å². The van der Waals surface area contributed by atoms with Crippen LogP contribution in [0.25, 0.3) is 0 Å². The molecule has 0 unspecified atom stereocenters. The lowest BCUT2D eigenvalue weighted by molar-refractivity contribution is -0.142. The summed E-state index contributed by atoms with van der Waals surface area (Å²) in [7, 11) is 4.33. The molecule has 2 amide bonds. The van der Waals surface area contributed by atoms with Gasteiger partial charge in [0.25, 0.3) is 11.8 Å². The van der Waals surface area contributed by atoms with Gasteiger partial charge in [0.05, 0.1) is 55.9 Å². The van der Waals surface area contributed by atoms with E-state index in [9.17, 15) is 14.4 Å². The molecule has 7 rings (SSSR count). The molecule has 0 N–H and O–H groups in total. The van der Waals surface area contributed by atoms with Crippen molar-refractivity contribution >= 4 is 41.6 Å². The van der Waals surface area contributed by atoms with E-state index in [4.69, 9.17) is 28.4 Å². The van der Waals surface area contributed by atoms with Gasteiger partial charge in [-0.2, -0.15) is 0 Å². The second-order valence-corrected chi connectivity index (χ2v) is 13.3. The molecular formula is C41H42N4O9. The number of nitrogens with zero attached hydrogens (tertiary/aromatic N) is 4. The van der Waals surface area contributed by atoms with E-state index >= 15 is 0 Å². The minimum absolute atomic E-state index is 0.0836. The number of allylic oxidation sites excluding steroid dienone is 2. The number of methoxy groups -OCH3 is 3. The molecule has 3 aromatic carbocycles. The molecule has 0 aromatic heterocycles. The molecule has 54 heavy (non-hydrogen) atoms. The summed E-state index contributed by atoms with van der Waals surface area (Å²) in [5.74, 6) is 1.24. The summed E-state index contributed by atoms with van der Waals surface area (Å²) < 4.78 is 34.4. The summed E-state index contributed by atoms with van der Waals surface area (Å²) in [5, 5.41) is 0. The number of hydrogen-bond acceptors (Lipinski definition) is 11. The summed E-state index contributed by atoms with van der Waals surface area (Å²) in [6.07, 6.45) is 9.24. The first-order chi connectivity index (χ1) is 26.2. The van der Waals surface area contributed by atoms with Crippen molar-refractivity contribution in [2.45, 2.75) is 52.0 Å². The highest BCUT2D eigenvalue weighted by Gasteiger charge is 2.36. The maximum Gasteiger partial charge on any atom is 0.343 e. The van der Waals surface area contributed by atoms with Gasteiger partial charge in [-0.15, -0.1) is 0 Å². The van der Waals surface area contributed by atoms with Gasteiger partial charge < -0.3 is 38.2 Å². The summed E-state index contributed by atoms with van der Waals surface area (Å²) >= 11 is 0. The molecule has 0 radical (unpaired) electrons. The van der Waals surface area contributed by atoms with Gasteiger partial charge in [-0.05, 0) is 68.1 Å². The molecule has 280 valence electrons. The van der Waals surface area contributed by atoms with Gasteiger partial charge >= 0.3 is 5.97 Å². The second-order valence-electron chi connectivity index (χ2n) is 13.3. The number of benzene rings is 3. The molecular weight excluding hydrogens is 692 g/mol. The molecule has 2 saturated heterocycles. The molecule has 0 saturated carbocycles. The molecule has 13 nitrogen and oxygen atoms in total. The number of esters is 1. The number of carbonyl (C=O) groups excluding carboxylic acids is 3. The monoisotopic (exact) mass is 734 g/mol. The first-order valence-corrected chi connectivity index (χ1v) is 17.7. The zero-order valence-electron chi connectivity index (χ0n) is 30.9. The standard InChI is InChI=1S/C41H42N4O9/c1-6-24-9-28-17-42-33-15-37(35(49-3)13-31(33)40(47)44(28)19-24)53-21-26-8-27(12-30(11-26)52-23-39(46)51-5)22-54-38-16-34-32(14-36(38)50-4)41(48)45-20-25(7-2)10-29(45)18-43-34/h6-8,11-18,28-29H,9-10,19-23H2,1-5H3/t28-,29-/m0/s1. The lowest BCUT2D eigenvalue weighted by Crippen LogP contribution is -2.35. The maximum atomic E-state index is 13.5. The maximum absolute atomic E-state index is 13.5. The van der Waals surface area contributed by atoms with Crippen LogP contribution < -0.4 is 23.7 Å². The van der Waals surface area contributed by atoms with Crippen LogP contribution in [0.1, 0.15) is 58.5 Å². The zero-order valence-corrected chi connectivity index (χ0v) is 30.9. The first kappa shape index (κ1) is 36.3. The Morgan fingerprint density at radius 2 is 1.17 bits per heavy atom. The molecule has 0 aliphatic carbocycles. The van der Waals surface area contributed by atoms with Crippen molar-refractivity contribution in [2.24, 2.45) is 9.98 Å². The minimum atomic E-state index is -0.533. The lowest BCUT2D eigenvalue weighted by Gasteiger charge is -2.20. The Balaban J connectivity index is 1.12. The highest BCUT2D eigenvalue weighted by molar-refractivity contribution is 6.04. The van der Waals surface area contributed by atoms with Gasteiger partial charge in [0.2, 0.25) is 0 Å². The average molecular weight is 735 g/mol. The molecule has 13 heteroatoms. The third-order valence-electron chi connectivity index (χ3n) is 10.0. The molecule has 2 atom stereocenters. The van der Waals surface area contributed by atoms with Crippen LogP contribution in [0.4, 0.5) is 11.4 Å². The van der Waals surface area contributed by atoms with Gasteiger partial charge in [-0.3, -0.25) is 19.6 Å². The molecule has 0 spiro atoms. The average Bonchev–Trinajstić information content (AvgIpc) is 3.77. The molecule has 2 fully saturated rings. The Hall–Kier alpha value is -6.11. The molecule has 0 bridgehead atoms. The van der Waals surface area contributed by atoms with Crippen molar-refractivity contribution in [1.29, 1.82) is 0 Å². The van der Waals surface area contributed by atoms with Crippen LogP contribution >= 0.6 is 0 Å². The summed E-state index contributed by atoms with van der Waals surface area (Å²) in [6, 6.07) is 12.0. The Kier molecular flexibility index (Phi) is 10.4. The quantitative estimate of drug-likeness (QED) is 0.167. The number of aliphatic imine (C=N–C) groups is 2. The Morgan fingerprint density at radius 3 is 1.59 bits per heavy atom. The fraction of sp³-hybridized carbons (Fsp3) is 0.341. The summed E-state index contributed by atoms with van der Waals surface area (Å²) in [6.45, 7) is 4.97. The van der Waals surface area contributed by atoms with Crippen LogP contribution in [-0.2, 0) is 22.7 Å². The van der Waals surface area contributed by atoms with Crippen LogP contribution in [0.2, 0.25) is 0 Å². The highest BCUT2D eigenvalue weighted by atomic mass is 16.6. The SMILES string of the molecule is CC=C1C[C@H]2C=Nc3cc(OCc4cc(COc5cc6c(cc5OC)C(=O)N5CC(=CC)C[C@H]5C=N6)cc(OCC(=O)OC)c4)c(OC)cc3C(=O)N2C1. The van der Waals surface area contributed by atoms with Crippen LogP contribution in [0.15, 0.2) is 75.7 Å². The minimum Gasteiger partial charge on any atom is -0.493 e. The van der Waals surface area contributed by atoms with Crippen LogP contribution in [0, 0.1) is 0 Å². The fourth-order valence-corrected chi connectivity index (χ4v) is 7.03. The van der Waals surface area contributed by atoms with Crippen molar-refractivity contribution in [3.8, 4) is 28.7 Å². The van der Waals surface area contributed by atoms with Crippen molar-refractivity contribution in [3.63, 3.8) is 0 Å². The fourth-order valence-electron chi connectivity index (χ4n) is 7.03. The Morgan fingerprint density at radius 1 is 0.685 bits per heavy atom. The zero-order chi connectivity index (χ0) is 37.9. The third-order valence-corrected chi connectivity index (χ3v) is 10.0. The van der Waals surface area contributed by atoms with E-state index in [2.05, 4.69) is 9.98 Å².